The number of aromatic amines is 1. The fraction of sp³-hybridized carbons (Fsp3) is 0.0625. The number of H-pyrrole nitrogens is 1. The molecule has 0 aliphatic heterocycles. The molecule has 8 heteroatoms. The third-order valence-corrected chi connectivity index (χ3v) is 3.10. The Balaban J connectivity index is 1.74. The highest BCUT2D eigenvalue weighted by molar-refractivity contribution is 5.90. The number of amides is 1. The molecular weight excluding hydrogens is 318 g/mol. The van der Waals surface area contributed by atoms with E-state index in [0.717, 1.165) is 12.1 Å². The van der Waals surface area contributed by atoms with Crippen molar-refractivity contribution in [3.8, 4) is 11.6 Å². The van der Waals surface area contributed by atoms with E-state index in [1.807, 2.05) is 0 Å². The van der Waals surface area contributed by atoms with Gasteiger partial charge in [-0.25, -0.2) is 18.7 Å². The molecule has 24 heavy (non-hydrogen) atoms. The summed E-state index contributed by atoms with van der Waals surface area (Å²) in [5, 5.41) is 2.64. The molecule has 2 heterocycles. The number of nitrogens with one attached hydrogen (secondary N) is 2. The van der Waals surface area contributed by atoms with E-state index in [4.69, 9.17) is 4.74 Å². The summed E-state index contributed by atoms with van der Waals surface area (Å²) in [7, 11) is 0. The number of nitrogens with zero attached hydrogens (tertiary/aromatic N) is 2. The van der Waals surface area contributed by atoms with Gasteiger partial charge in [-0.3, -0.25) is 4.79 Å². The largest absolute Gasteiger partial charge is 0.436 e. The van der Waals surface area contributed by atoms with Crippen molar-refractivity contribution in [1.29, 1.82) is 0 Å². The van der Waals surface area contributed by atoms with E-state index in [2.05, 4.69) is 20.3 Å². The zero-order valence-corrected chi connectivity index (χ0v) is 12.3. The Morgan fingerprint density at radius 1 is 1.21 bits per heavy atom. The second kappa shape index (κ2) is 6.86. The minimum absolute atomic E-state index is 0.103. The van der Waals surface area contributed by atoms with E-state index in [0.29, 0.717) is 5.56 Å². The molecule has 0 unspecified atom stereocenters. The molecule has 2 N–H and O–H groups in total. The van der Waals surface area contributed by atoms with Gasteiger partial charge >= 0.3 is 0 Å². The number of halogens is 2. The van der Waals surface area contributed by atoms with E-state index < -0.39 is 17.5 Å². The lowest BCUT2D eigenvalue weighted by atomic mass is 10.2. The molecule has 2 aromatic heterocycles. The van der Waals surface area contributed by atoms with Crippen molar-refractivity contribution in [2.45, 2.75) is 6.54 Å². The molecule has 122 valence electrons. The summed E-state index contributed by atoms with van der Waals surface area (Å²) in [5.41, 5.74) is 0.529. The van der Waals surface area contributed by atoms with E-state index >= 15 is 0 Å². The van der Waals surface area contributed by atoms with Gasteiger partial charge in [-0.05, 0) is 18.2 Å². The molecule has 0 saturated carbocycles. The summed E-state index contributed by atoms with van der Waals surface area (Å²) < 4.78 is 32.0. The molecule has 0 aliphatic rings. The Morgan fingerprint density at radius 3 is 2.83 bits per heavy atom. The number of rotatable bonds is 5. The Hall–Kier alpha value is -3.29. The third kappa shape index (κ3) is 3.54. The number of ether oxygens (including phenoxy) is 1. The van der Waals surface area contributed by atoms with Gasteiger partial charge in [0.25, 0.3) is 5.91 Å². The van der Waals surface area contributed by atoms with Crippen LogP contribution in [-0.2, 0) is 6.54 Å². The number of carbonyl (C=O) groups is 1. The third-order valence-electron chi connectivity index (χ3n) is 3.10. The fourth-order valence-corrected chi connectivity index (χ4v) is 1.96. The van der Waals surface area contributed by atoms with E-state index in [1.165, 1.54) is 24.7 Å². The van der Waals surface area contributed by atoms with Gasteiger partial charge in [-0.2, -0.15) is 0 Å². The fourth-order valence-electron chi connectivity index (χ4n) is 1.96. The topological polar surface area (TPSA) is 79.9 Å². The summed E-state index contributed by atoms with van der Waals surface area (Å²) in [4.78, 5) is 22.4. The maximum Gasteiger partial charge on any atom is 0.287 e. The van der Waals surface area contributed by atoms with Crippen LogP contribution in [0.2, 0.25) is 0 Å². The highest BCUT2D eigenvalue weighted by Crippen LogP contribution is 2.25. The first-order chi connectivity index (χ1) is 11.6. The quantitative estimate of drug-likeness (QED) is 0.754. The molecule has 0 fully saturated rings. The number of hydrogen-bond donors (Lipinski definition) is 2. The highest BCUT2D eigenvalue weighted by Gasteiger charge is 2.13. The second-order valence-electron chi connectivity index (χ2n) is 4.76. The van der Waals surface area contributed by atoms with Gasteiger partial charge in [0.05, 0.1) is 0 Å². The zero-order chi connectivity index (χ0) is 16.9. The van der Waals surface area contributed by atoms with Crippen LogP contribution in [0.15, 0.2) is 48.9 Å². The van der Waals surface area contributed by atoms with Crippen LogP contribution in [0, 0.1) is 11.6 Å². The number of aromatic nitrogens is 3. The van der Waals surface area contributed by atoms with Crippen molar-refractivity contribution >= 4 is 5.91 Å². The van der Waals surface area contributed by atoms with Gasteiger partial charge in [0, 0.05) is 36.8 Å². The molecule has 0 atom stereocenters. The number of imidazole rings is 1. The minimum Gasteiger partial charge on any atom is -0.436 e. The predicted octanol–water partition coefficient (Wildman–Crippen LogP) is 2.81. The number of pyridine rings is 1. The summed E-state index contributed by atoms with van der Waals surface area (Å²) >= 11 is 0. The van der Waals surface area contributed by atoms with E-state index in [1.54, 1.807) is 12.1 Å². The normalized spacial score (nSPS) is 10.4. The minimum atomic E-state index is -0.841. The van der Waals surface area contributed by atoms with E-state index in [9.17, 15) is 13.6 Å². The lowest BCUT2D eigenvalue weighted by molar-refractivity contribution is 0.0941. The molecule has 3 aromatic rings. The van der Waals surface area contributed by atoms with Crippen LogP contribution in [0.25, 0.3) is 0 Å². The lowest BCUT2D eigenvalue weighted by Gasteiger charge is -2.11. The van der Waals surface area contributed by atoms with Crippen LogP contribution in [0.4, 0.5) is 8.78 Å². The maximum absolute atomic E-state index is 13.7. The van der Waals surface area contributed by atoms with Gasteiger partial charge in [-0.1, -0.05) is 6.07 Å². The van der Waals surface area contributed by atoms with Crippen molar-refractivity contribution < 1.29 is 18.3 Å². The maximum atomic E-state index is 13.7. The van der Waals surface area contributed by atoms with Crippen molar-refractivity contribution in [3.63, 3.8) is 0 Å². The Labute approximate surface area is 135 Å². The first kappa shape index (κ1) is 15.6. The van der Waals surface area contributed by atoms with Crippen LogP contribution < -0.4 is 10.1 Å². The average Bonchev–Trinajstić information content (AvgIpc) is 3.11. The summed E-state index contributed by atoms with van der Waals surface area (Å²) in [6.45, 7) is 0.103. The molecule has 0 saturated heterocycles. The van der Waals surface area contributed by atoms with Crippen LogP contribution in [0.1, 0.15) is 16.2 Å². The van der Waals surface area contributed by atoms with Gasteiger partial charge in [0.1, 0.15) is 5.82 Å². The van der Waals surface area contributed by atoms with Gasteiger partial charge in [0.2, 0.25) is 5.88 Å². The van der Waals surface area contributed by atoms with Crippen LogP contribution in [0.3, 0.4) is 0 Å². The van der Waals surface area contributed by atoms with Crippen molar-refractivity contribution in [2.24, 2.45) is 0 Å². The van der Waals surface area contributed by atoms with Crippen LogP contribution >= 0.6 is 0 Å². The van der Waals surface area contributed by atoms with Crippen molar-refractivity contribution in [1.82, 2.24) is 20.3 Å². The van der Waals surface area contributed by atoms with Crippen molar-refractivity contribution in [2.75, 3.05) is 0 Å². The zero-order valence-electron chi connectivity index (χ0n) is 12.3. The highest BCUT2D eigenvalue weighted by atomic mass is 19.1. The molecule has 3 rings (SSSR count). The van der Waals surface area contributed by atoms with Gasteiger partial charge in [0.15, 0.2) is 17.4 Å². The van der Waals surface area contributed by atoms with Crippen molar-refractivity contribution in [3.05, 3.63) is 71.9 Å². The smallest absolute Gasteiger partial charge is 0.287 e. The molecule has 1 aromatic carbocycles. The van der Waals surface area contributed by atoms with E-state index in [-0.39, 0.29) is 24.0 Å². The molecule has 0 spiro atoms. The molecular formula is C16H12F2N4O2. The van der Waals surface area contributed by atoms with Gasteiger partial charge < -0.3 is 15.0 Å². The summed E-state index contributed by atoms with van der Waals surface area (Å²) in [6, 6.07) is 6.30. The molecule has 6 nitrogen and oxygen atoms in total. The van der Waals surface area contributed by atoms with Gasteiger partial charge in [-0.15, -0.1) is 0 Å². The standard InChI is InChI=1S/C16H12F2N4O2/c17-11-3-4-13(12(18)8-11)24-16-10(2-1-5-21-16)9-22-15(23)14-19-6-7-20-14/h1-8H,9H2,(H,19,20)(H,22,23). The van der Waals surface area contributed by atoms with Crippen LogP contribution in [-0.4, -0.2) is 20.9 Å². The summed E-state index contributed by atoms with van der Waals surface area (Å²) in [5.74, 6) is -1.82. The molecule has 0 radical (unpaired) electrons. The van der Waals surface area contributed by atoms with Crippen LogP contribution in [0.5, 0.6) is 11.6 Å². The molecule has 0 aliphatic carbocycles. The summed E-state index contributed by atoms with van der Waals surface area (Å²) in [6.07, 6.45) is 4.46. The second-order valence-corrected chi connectivity index (χ2v) is 4.76. The number of hydrogen-bond acceptors (Lipinski definition) is 4. The lowest BCUT2D eigenvalue weighted by Crippen LogP contribution is -2.24. The molecule has 0 bridgehead atoms. The Kier molecular flexibility index (Phi) is 4.46. The molecule has 1 amide bonds. The first-order valence-corrected chi connectivity index (χ1v) is 6.98. The Morgan fingerprint density at radius 2 is 2.08 bits per heavy atom. The number of carbonyl (C=O) groups excluding carboxylic acids is 1. The predicted molar refractivity (Wildman–Crippen MR) is 80.4 cm³/mol. The first-order valence-electron chi connectivity index (χ1n) is 6.98. The number of benzene rings is 1. The SMILES string of the molecule is O=C(NCc1cccnc1Oc1ccc(F)cc1F)c1ncc[nH]1. The Bertz CT molecular complexity index is 853. The average molecular weight is 330 g/mol. The monoisotopic (exact) mass is 330 g/mol.